The van der Waals surface area contributed by atoms with Gasteiger partial charge < -0.3 is 5.11 Å². The van der Waals surface area contributed by atoms with Crippen LogP contribution in [0.15, 0.2) is 46.5 Å². The maximum atomic E-state index is 10.9. The van der Waals surface area contributed by atoms with E-state index < -0.39 is 10.9 Å². The van der Waals surface area contributed by atoms with Gasteiger partial charge in [-0.25, -0.2) is 9.78 Å². The Balaban J connectivity index is 2.36. The van der Waals surface area contributed by atoms with E-state index in [0.717, 1.165) is 18.0 Å². The van der Waals surface area contributed by atoms with Crippen molar-refractivity contribution in [1.82, 2.24) is 4.98 Å². The number of hydrogen-bond donors (Lipinski definition) is 1. The average Bonchev–Trinajstić information content (AvgIpc) is 2.41. The number of carboxylic acids is 1. The minimum Gasteiger partial charge on any atom is -0.478 e. The summed E-state index contributed by atoms with van der Waals surface area (Å²) in [7, 11) is 0. The van der Waals surface area contributed by atoms with Gasteiger partial charge in [0, 0.05) is 12.3 Å². The standard InChI is InChI=1S/C12H7ClN2O4S/c13-8-5-7(12(16)17)6-14-11(8)20-10-4-2-1-3-9(10)15(18)19/h1-6H,(H,16,17). The zero-order valence-electron chi connectivity index (χ0n) is 9.82. The van der Waals surface area contributed by atoms with Crippen molar-refractivity contribution in [2.24, 2.45) is 0 Å². The van der Waals surface area contributed by atoms with Gasteiger partial charge in [0.25, 0.3) is 5.69 Å². The van der Waals surface area contributed by atoms with Crippen molar-refractivity contribution < 1.29 is 14.8 Å². The number of aromatic nitrogens is 1. The van der Waals surface area contributed by atoms with Gasteiger partial charge in [0.1, 0.15) is 5.03 Å². The zero-order chi connectivity index (χ0) is 14.7. The van der Waals surface area contributed by atoms with Crippen LogP contribution in [0.4, 0.5) is 5.69 Å². The molecule has 1 aromatic heterocycles. The van der Waals surface area contributed by atoms with Gasteiger partial charge >= 0.3 is 5.97 Å². The van der Waals surface area contributed by atoms with E-state index in [1.165, 1.54) is 12.1 Å². The van der Waals surface area contributed by atoms with E-state index in [1.807, 2.05) is 0 Å². The van der Waals surface area contributed by atoms with E-state index in [9.17, 15) is 14.9 Å². The maximum absolute atomic E-state index is 10.9. The molecule has 0 aliphatic carbocycles. The van der Waals surface area contributed by atoms with Gasteiger partial charge in [0.05, 0.1) is 20.4 Å². The van der Waals surface area contributed by atoms with Crippen molar-refractivity contribution in [2.45, 2.75) is 9.92 Å². The summed E-state index contributed by atoms with van der Waals surface area (Å²) in [6.45, 7) is 0. The highest BCUT2D eigenvalue weighted by atomic mass is 35.5. The lowest BCUT2D eigenvalue weighted by Gasteiger charge is -2.04. The quantitative estimate of drug-likeness (QED) is 0.686. The number of rotatable bonds is 4. The van der Waals surface area contributed by atoms with Crippen molar-refractivity contribution in [1.29, 1.82) is 0 Å². The molecule has 0 amide bonds. The van der Waals surface area contributed by atoms with Crippen LogP contribution in [0.5, 0.6) is 0 Å². The molecule has 0 fully saturated rings. The molecule has 1 N–H and O–H groups in total. The molecule has 0 spiro atoms. The predicted octanol–water partition coefficient (Wildman–Crippen LogP) is 3.49. The van der Waals surface area contributed by atoms with Crippen LogP contribution in [-0.2, 0) is 0 Å². The molecule has 1 aromatic carbocycles. The maximum Gasteiger partial charge on any atom is 0.337 e. The first-order valence-electron chi connectivity index (χ1n) is 5.29. The van der Waals surface area contributed by atoms with Crippen LogP contribution >= 0.6 is 23.4 Å². The summed E-state index contributed by atoms with van der Waals surface area (Å²) >= 11 is 6.95. The van der Waals surface area contributed by atoms with Crippen molar-refractivity contribution in [3.63, 3.8) is 0 Å². The Morgan fingerprint density at radius 3 is 2.70 bits per heavy atom. The van der Waals surface area contributed by atoms with E-state index in [4.69, 9.17) is 16.7 Å². The summed E-state index contributed by atoms with van der Waals surface area (Å²) in [6, 6.07) is 7.43. The Morgan fingerprint density at radius 2 is 2.10 bits per heavy atom. The van der Waals surface area contributed by atoms with Crippen LogP contribution in [-0.4, -0.2) is 21.0 Å². The third-order valence-corrected chi connectivity index (χ3v) is 3.81. The minimum absolute atomic E-state index is 0.0399. The summed E-state index contributed by atoms with van der Waals surface area (Å²) in [4.78, 5) is 25.5. The van der Waals surface area contributed by atoms with Crippen LogP contribution < -0.4 is 0 Å². The molecule has 0 radical (unpaired) electrons. The molecule has 8 heteroatoms. The number of nitro benzene ring substituents is 1. The van der Waals surface area contributed by atoms with Gasteiger partial charge in [-0.15, -0.1) is 0 Å². The third-order valence-electron chi connectivity index (χ3n) is 2.32. The summed E-state index contributed by atoms with van der Waals surface area (Å²) in [6.07, 6.45) is 1.16. The molecule has 2 rings (SSSR count). The van der Waals surface area contributed by atoms with E-state index >= 15 is 0 Å². The lowest BCUT2D eigenvalue weighted by atomic mass is 10.3. The number of para-hydroxylation sites is 1. The topological polar surface area (TPSA) is 93.3 Å². The highest BCUT2D eigenvalue weighted by Crippen LogP contribution is 2.36. The lowest BCUT2D eigenvalue weighted by molar-refractivity contribution is -0.387. The summed E-state index contributed by atoms with van der Waals surface area (Å²) in [5.41, 5.74) is -0.0976. The normalized spacial score (nSPS) is 10.2. The molecular weight excluding hydrogens is 304 g/mol. The number of benzene rings is 1. The van der Waals surface area contributed by atoms with Crippen molar-refractivity contribution in [3.05, 3.63) is 57.2 Å². The highest BCUT2D eigenvalue weighted by molar-refractivity contribution is 7.99. The fraction of sp³-hybridized carbons (Fsp3) is 0. The fourth-order valence-electron chi connectivity index (χ4n) is 1.42. The van der Waals surface area contributed by atoms with Gasteiger partial charge in [-0.05, 0) is 12.1 Å². The number of nitro groups is 1. The van der Waals surface area contributed by atoms with E-state index in [1.54, 1.807) is 18.2 Å². The van der Waals surface area contributed by atoms with Crippen LogP contribution in [0.25, 0.3) is 0 Å². The molecule has 1 heterocycles. The average molecular weight is 311 g/mol. The molecule has 20 heavy (non-hydrogen) atoms. The number of pyridine rings is 1. The molecule has 102 valence electrons. The first kappa shape index (κ1) is 14.3. The molecule has 0 aliphatic heterocycles. The molecule has 0 bridgehead atoms. The van der Waals surface area contributed by atoms with Gasteiger partial charge in [-0.2, -0.15) is 0 Å². The highest BCUT2D eigenvalue weighted by Gasteiger charge is 2.16. The number of aromatic carboxylic acids is 1. The lowest BCUT2D eigenvalue weighted by Crippen LogP contribution is -1.98. The number of hydrogen-bond acceptors (Lipinski definition) is 5. The number of nitrogens with zero attached hydrogens (tertiary/aromatic N) is 2. The molecular formula is C12H7ClN2O4S. The molecule has 6 nitrogen and oxygen atoms in total. The van der Waals surface area contributed by atoms with Gasteiger partial charge in [0.15, 0.2) is 0 Å². The van der Waals surface area contributed by atoms with Crippen molar-refractivity contribution >= 4 is 35.0 Å². The molecule has 2 aromatic rings. The SMILES string of the molecule is O=C(O)c1cnc(Sc2ccccc2[N+](=O)[O-])c(Cl)c1. The Hall–Kier alpha value is -2.12. The van der Waals surface area contributed by atoms with Crippen LogP contribution in [0, 0.1) is 10.1 Å². The Labute approximate surface area is 122 Å². The molecule has 0 unspecified atom stereocenters. The third kappa shape index (κ3) is 3.06. The monoisotopic (exact) mass is 310 g/mol. The van der Waals surface area contributed by atoms with Gasteiger partial charge in [-0.1, -0.05) is 35.5 Å². The second kappa shape index (κ2) is 5.89. The summed E-state index contributed by atoms with van der Waals surface area (Å²) in [5.74, 6) is -1.14. The predicted molar refractivity (Wildman–Crippen MR) is 73.4 cm³/mol. The van der Waals surface area contributed by atoms with Crippen LogP contribution in [0.2, 0.25) is 5.02 Å². The van der Waals surface area contributed by atoms with E-state index in [2.05, 4.69) is 4.98 Å². The molecule has 0 saturated heterocycles. The van der Waals surface area contributed by atoms with Crippen molar-refractivity contribution in [2.75, 3.05) is 0 Å². The first-order chi connectivity index (χ1) is 9.49. The summed E-state index contributed by atoms with van der Waals surface area (Å²) < 4.78 is 0. The van der Waals surface area contributed by atoms with Crippen LogP contribution in [0.1, 0.15) is 10.4 Å². The van der Waals surface area contributed by atoms with Crippen LogP contribution in [0.3, 0.4) is 0 Å². The zero-order valence-corrected chi connectivity index (χ0v) is 11.4. The number of carbonyl (C=O) groups is 1. The van der Waals surface area contributed by atoms with E-state index in [-0.39, 0.29) is 16.3 Å². The van der Waals surface area contributed by atoms with Gasteiger partial charge in [-0.3, -0.25) is 10.1 Å². The largest absolute Gasteiger partial charge is 0.478 e. The minimum atomic E-state index is -1.14. The second-order valence-corrected chi connectivity index (χ2v) is 5.08. The Bertz CT molecular complexity index is 693. The second-order valence-electron chi connectivity index (χ2n) is 3.64. The fourth-order valence-corrected chi connectivity index (χ4v) is 2.56. The van der Waals surface area contributed by atoms with Crippen molar-refractivity contribution in [3.8, 4) is 0 Å². The Morgan fingerprint density at radius 1 is 1.40 bits per heavy atom. The first-order valence-corrected chi connectivity index (χ1v) is 6.48. The van der Waals surface area contributed by atoms with Gasteiger partial charge in [0.2, 0.25) is 0 Å². The molecule has 0 aliphatic rings. The summed E-state index contributed by atoms with van der Waals surface area (Å²) in [5, 5.41) is 20.2. The number of carboxylic acid groups (broad SMARTS) is 1. The smallest absolute Gasteiger partial charge is 0.337 e. The number of halogens is 1. The molecule has 0 saturated carbocycles. The Kier molecular flexibility index (Phi) is 4.21. The molecule has 0 atom stereocenters. The van der Waals surface area contributed by atoms with E-state index in [0.29, 0.717) is 9.92 Å².